The fourth-order valence-corrected chi connectivity index (χ4v) is 2.72. The van der Waals surface area contributed by atoms with Gasteiger partial charge in [-0.1, -0.05) is 42.5 Å². The lowest BCUT2D eigenvalue weighted by atomic mass is 10.0. The summed E-state index contributed by atoms with van der Waals surface area (Å²) < 4.78 is 0. The van der Waals surface area contributed by atoms with Crippen LogP contribution in [0, 0.1) is 0 Å². The fraction of sp³-hybridized carbons (Fsp3) is 0.158. The van der Waals surface area contributed by atoms with Crippen molar-refractivity contribution >= 4 is 17.8 Å². The molecule has 110 valence electrons. The van der Waals surface area contributed by atoms with Crippen molar-refractivity contribution in [2.24, 2.45) is 0 Å². The molecule has 0 aliphatic heterocycles. The van der Waals surface area contributed by atoms with E-state index in [0.717, 1.165) is 24.8 Å². The Labute approximate surface area is 128 Å². The normalized spacial score (nSPS) is 13.3. The van der Waals surface area contributed by atoms with Crippen molar-refractivity contribution in [2.45, 2.75) is 19.3 Å². The van der Waals surface area contributed by atoms with Gasteiger partial charge in [0.25, 0.3) is 0 Å². The van der Waals surface area contributed by atoms with Gasteiger partial charge in [-0.15, -0.1) is 0 Å². The highest BCUT2D eigenvalue weighted by Crippen LogP contribution is 2.23. The summed E-state index contributed by atoms with van der Waals surface area (Å²) in [5, 5.41) is 10.7. The SMILES string of the molecule is O=C([O-])c1ccc(/C=C/C(=O)c2ccc3c(c2)CCC3)cc1. The third-order valence-electron chi connectivity index (χ3n) is 3.96. The number of carboxylic acids is 1. The molecule has 0 heterocycles. The second-order valence-electron chi connectivity index (χ2n) is 5.44. The van der Waals surface area contributed by atoms with Gasteiger partial charge >= 0.3 is 0 Å². The zero-order valence-electron chi connectivity index (χ0n) is 12.0. The molecule has 0 spiro atoms. The van der Waals surface area contributed by atoms with Crippen molar-refractivity contribution < 1.29 is 14.7 Å². The first kappa shape index (κ1) is 14.3. The van der Waals surface area contributed by atoms with E-state index < -0.39 is 5.97 Å². The second kappa shape index (κ2) is 5.98. The molecule has 3 nitrogen and oxygen atoms in total. The monoisotopic (exact) mass is 291 g/mol. The van der Waals surface area contributed by atoms with E-state index in [9.17, 15) is 14.7 Å². The van der Waals surface area contributed by atoms with Crippen LogP contribution < -0.4 is 5.11 Å². The van der Waals surface area contributed by atoms with Crippen LogP contribution in [0.1, 0.15) is 43.8 Å². The summed E-state index contributed by atoms with van der Waals surface area (Å²) >= 11 is 0. The predicted octanol–water partition coefficient (Wildman–Crippen LogP) is 2.43. The number of carbonyl (C=O) groups is 2. The van der Waals surface area contributed by atoms with Crippen LogP contribution in [0.2, 0.25) is 0 Å². The lowest BCUT2D eigenvalue weighted by Gasteiger charge is -2.03. The molecular weight excluding hydrogens is 276 g/mol. The number of benzene rings is 2. The average Bonchev–Trinajstić information content (AvgIpc) is 3.00. The van der Waals surface area contributed by atoms with Crippen LogP contribution in [0.5, 0.6) is 0 Å². The van der Waals surface area contributed by atoms with E-state index in [-0.39, 0.29) is 11.3 Å². The molecule has 0 bridgehead atoms. The van der Waals surface area contributed by atoms with E-state index in [1.54, 1.807) is 18.2 Å². The maximum absolute atomic E-state index is 12.2. The van der Waals surface area contributed by atoms with E-state index in [0.29, 0.717) is 5.56 Å². The average molecular weight is 291 g/mol. The Morgan fingerprint density at radius 2 is 1.59 bits per heavy atom. The molecule has 22 heavy (non-hydrogen) atoms. The lowest BCUT2D eigenvalue weighted by molar-refractivity contribution is -0.255. The predicted molar refractivity (Wildman–Crippen MR) is 82.6 cm³/mol. The minimum absolute atomic E-state index is 0.0429. The zero-order chi connectivity index (χ0) is 15.5. The zero-order valence-corrected chi connectivity index (χ0v) is 12.0. The van der Waals surface area contributed by atoms with Crippen LogP contribution in [0.25, 0.3) is 6.08 Å². The quantitative estimate of drug-likeness (QED) is 0.642. The molecule has 2 aromatic rings. The number of carboxylic acid groups (broad SMARTS) is 1. The minimum atomic E-state index is -1.20. The van der Waals surface area contributed by atoms with Crippen LogP contribution in [-0.2, 0) is 12.8 Å². The van der Waals surface area contributed by atoms with Crippen molar-refractivity contribution in [3.8, 4) is 0 Å². The first-order valence-electron chi connectivity index (χ1n) is 7.29. The molecule has 0 N–H and O–H groups in total. The molecule has 3 rings (SSSR count). The van der Waals surface area contributed by atoms with Crippen LogP contribution in [0.4, 0.5) is 0 Å². The molecule has 0 radical (unpaired) electrons. The Balaban J connectivity index is 1.74. The van der Waals surface area contributed by atoms with Crippen molar-refractivity contribution in [2.75, 3.05) is 0 Å². The van der Waals surface area contributed by atoms with Gasteiger partial charge in [0, 0.05) is 5.56 Å². The van der Waals surface area contributed by atoms with Gasteiger partial charge in [0.2, 0.25) is 0 Å². The number of carbonyl (C=O) groups excluding carboxylic acids is 2. The number of fused-ring (bicyclic) bond motifs is 1. The largest absolute Gasteiger partial charge is 0.545 e. The topological polar surface area (TPSA) is 57.2 Å². The van der Waals surface area contributed by atoms with Crippen LogP contribution >= 0.6 is 0 Å². The van der Waals surface area contributed by atoms with E-state index in [1.165, 1.54) is 29.3 Å². The molecule has 0 fully saturated rings. The standard InChI is InChI=1S/C19H16O3/c20-18(17-10-9-14-2-1-3-16(14)12-17)11-6-13-4-7-15(8-5-13)19(21)22/h4-12H,1-3H2,(H,21,22)/p-1/b11-6+. The smallest absolute Gasteiger partial charge is 0.185 e. The number of ketones is 1. The summed E-state index contributed by atoms with van der Waals surface area (Å²) in [6, 6.07) is 12.1. The molecule has 0 atom stereocenters. The van der Waals surface area contributed by atoms with Gasteiger partial charge in [0.05, 0.1) is 5.97 Å². The first-order chi connectivity index (χ1) is 10.6. The lowest BCUT2D eigenvalue weighted by Crippen LogP contribution is -2.21. The van der Waals surface area contributed by atoms with E-state index in [2.05, 4.69) is 0 Å². The molecule has 0 saturated heterocycles. The molecular formula is C19H15O3-. The van der Waals surface area contributed by atoms with E-state index in [1.807, 2.05) is 18.2 Å². The molecule has 0 saturated carbocycles. The minimum Gasteiger partial charge on any atom is -0.545 e. The molecule has 1 aliphatic rings. The maximum atomic E-state index is 12.2. The van der Waals surface area contributed by atoms with Gasteiger partial charge in [-0.2, -0.15) is 0 Å². The van der Waals surface area contributed by atoms with Crippen molar-refractivity contribution in [1.29, 1.82) is 0 Å². The summed E-state index contributed by atoms with van der Waals surface area (Å²) in [5.41, 5.74) is 4.22. The summed E-state index contributed by atoms with van der Waals surface area (Å²) in [4.78, 5) is 22.9. The molecule has 0 amide bonds. The molecule has 1 aliphatic carbocycles. The molecule has 0 aromatic heterocycles. The van der Waals surface area contributed by atoms with Gasteiger partial charge < -0.3 is 9.90 Å². The highest BCUT2D eigenvalue weighted by Gasteiger charge is 2.12. The molecule has 2 aromatic carbocycles. The van der Waals surface area contributed by atoms with Gasteiger partial charge in [0.1, 0.15) is 0 Å². The number of allylic oxidation sites excluding steroid dienone is 1. The van der Waals surface area contributed by atoms with Crippen molar-refractivity contribution in [3.63, 3.8) is 0 Å². The molecule has 0 unspecified atom stereocenters. The number of rotatable bonds is 4. The van der Waals surface area contributed by atoms with Crippen molar-refractivity contribution in [1.82, 2.24) is 0 Å². The maximum Gasteiger partial charge on any atom is 0.185 e. The third-order valence-corrected chi connectivity index (χ3v) is 3.96. The van der Waals surface area contributed by atoms with Gasteiger partial charge in [-0.3, -0.25) is 4.79 Å². The Hall–Kier alpha value is -2.68. The van der Waals surface area contributed by atoms with Gasteiger partial charge in [0.15, 0.2) is 5.78 Å². The number of aromatic carboxylic acids is 1. The summed E-state index contributed by atoms with van der Waals surface area (Å²) in [7, 11) is 0. The van der Waals surface area contributed by atoms with Crippen LogP contribution in [0.15, 0.2) is 48.5 Å². The Kier molecular flexibility index (Phi) is 3.88. The number of hydrogen-bond acceptors (Lipinski definition) is 3. The van der Waals surface area contributed by atoms with E-state index >= 15 is 0 Å². The van der Waals surface area contributed by atoms with Gasteiger partial charge in [-0.05, 0) is 53.7 Å². The van der Waals surface area contributed by atoms with Crippen molar-refractivity contribution in [3.05, 3.63) is 76.4 Å². The Morgan fingerprint density at radius 1 is 0.909 bits per heavy atom. The fourth-order valence-electron chi connectivity index (χ4n) is 2.72. The highest BCUT2D eigenvalue weighted by molar-refractivity contribution is 6.07. The number of aryl methyl sites for hydroxylation is 2. The molecule has 3 heteroatoms. The summed E-state index contributed by atoms with van der Waals surface area (Å²) in [6.07, 6.45) is 6.52. The van der Waals surface area contributed by atoms with Crippen LogP contribution in [-0.4, -0.2) is 11.8 Å². The highest BCUT2D eigenvalue weighted by atomic mass is 16.4. The Morgan fingerprint density at radius 3 is 2.32 bits per heavy atom. The van der Waals surface area contributed by atoms with Gasteiger partial charge in [-0.25, -0.2) is 0 Å². The number of hydrogen-bond donors (Lipinski definition) is 0. The second-order valence-corrected chi connectivity index (χ2v) is 5.44. The first-order valence-corrected chi connectivity index (χ1v) is 7.29. The van der Waals surface area contributed by atoms with Crippen LogP contribution in [0.3, 0.4) is 0 Å². The Bertz CT molecular complexity index is 755. The van der Waals surface area contributed by atoms with E-state index in [4.69, 9.17) is 0 Å². The third kappa shape index (κ3) is 2.98. The summed E-state index contributed by atoms with van der Waals surface area (Å²) in [6.45, 7) is 0. The summed E-state index contributed by atoms with van der Waals surface area (Å²) in [5.74, 6) is -1.25.